The van der Waals surface area contributed by atoms with Crippen LogP contribution in [-0.4, -0.2) is 16.9 Å². The maximum Gasteiger partial charge on any atom is 0.273 e. The Labute approximate surface area is 116 Å². The zero-order valence-corrected chi connectivity index (χ0v) is 11.5. The standard InChI is InChI=1S/C14H15N3O3/c1-5-8(2)16-11-7-9(17(19)20)6-10(15)12(11)14(3,4)13(16)18/h1,6-8H,15H2,2-4H3/t8-/m0/s1. The number of amides is 1. The first kappa shape index (κ1) is 13.9. The fraction of sp³-hybridized carbons (Fsp3) is 0.357. The van der Waals surface area contributed by atoms with E-state index in [0.29, 0.717) is 11.3 Å². The fourth-order valence-corrected chi connectivity index (χ4v) is 2.59. The molecule has 0 bridgehead atoms. The molecule has 0 saturated heterocycles. The van der Waals surface area contributed by atoms with Gasteiger partial charge in [0.1, 0.15) is 0 Å². The largest absolute Gasteiger partial charge is 0.398 e. The summed E-state index contributed by atoms with van der Waals surface area (Å²) in [6.07, 6.45) is 5.39. The molecule has 1 aromatic carbocycles. The predicted molar refractivity (Wildman–Crippen MR) is 76.3 cm³/mol. The van der Waals surface area contributed by atoms with Crippen molar-refractivity contribution in [2.75, 3.05) is 10.6 Å². The van der Waals surface area contributed by atoms with Crippen LogP contribution < -0.4 is 10.6 Å². The second kappa shape index (κ2) is 4.23. The van der Waals surface area contributed by atoms with Gasteiger partial charge in [-0.25, -0.2) is 0 Å². The average Bonchev–Trinajstić information content (AvgIpc) is 2.56. The van der Waals surface area contributed by atoms with Gasteiger partial charge in [0.2, 0.25) is 5.91 Å². The number of fused-ring (bicyclic) bond motifs is 1. The van der Waals surface area contributed by atoms with E-state index >= 15 is 0 Å². The summed E-state index contributed by atoms with van der Waals surface area (Å²) in [5.74, 6) is 2.27. The van der Waals surface area contributed by atoms with Crippen LogP contribution in [0.4, 0.5) is 17.1 Å². The Morgan fingerprint density at radius 2 is 2.10 bits per heavy atom. The molecular weight excluding hydrogens is 258 g/mol. The number of nitro benzene ring substituents is 1. The molecule has 1 aromatic rings. The molecule has 20 heavy (non-hydrogen) atoms. The Balaban J connectivity index is 2.76. The first-order valence-electron chi connectivity index (χ1n) is 6.10. The fourth-order valence-electron chi connectivity index (χ4n) is 2.59. The number of terminal acetylenes is 1. The number of nitrogens with zero attached hydrogens (tertiary/aromatic N) is 2. The van der Waals surface area contributed by atoms with Crippen molar-refractivity contribution in [3.05, 3.63) is 27.8 Å². The Bertz CT molecular complexity index is 658. The van der Waals surface area contributed by atoms with E-state index in [1.54, 1.807) is 20.8 Å². The summed E-state index contributed by atoms with van der Waals surface area (Å²) in [6, 6.07) is 2.13. The van der Waals surface area contributed by atoms with Crippen molar-refractivity contribution in [2.45, 2.75) is 32.2 Å². The van der Waals surface area contributed by atoms with Crippen LogP contribution in [0.1, 0.15) is 26.3 Å². The monoisotopic (exact) mass is 273 g/mol. The number of carbonyl (C=O) groups excluding carboxylic acids is 1. The molecule has 6 nitrogen and oxygen atoms in total. The van der Waals surface area contributed by atoms with Crippen LogP contribution in [0, 0.1) is 22.5 Å². The highest BCUT2D eigenvalue weighted by Gasteiger charge is 2.47. The number of hydrogen-bond acceptors (Lipinski definition) is 4. The molecule has 2 N–H and O–H groups in total. The Morgan fingerprint density at radius 1 is 1.50 bits per heavy atom. The molecule has 1 aliphatic rings. The molecule has 0 saturated carbocycles. The van der Waals surface area contributed by atoms with E-state index in [1.807, 2.05) is 0 Å². The zero-order chi connectivity index (χ0) is 15.2. The topological polar surface area (TPSA) is 89.5 Å². The Hall–Kier alpha value is -2.55. The third-order valence-corrected chi connectivity index (χ3v) is 3.61. The van der Waals surface area contributed by atoms with E-state index in [2.05, 4.69) is 5.92 Å². The molecule has 1 aliphatic heterocycles. The van der Waals surface area contributed by atoms with Gasteiger partial charge >= 0.3 is 0 Å². The zero-order valence-electron chi connectivity index (χ0n) is 11.5. The van der Waals surface area contributed by atoms with Crippen LogP contribution in [0.5, 0.6) is 0 Å². The molecule has 1 amide bonds. The van der Waals surface area contributed by atoms with E-state index in [0.717, 1.165) is 0 Å². The third kappa shape index (κ3) is 1.71. The second-order valence-corrected chi connectivity index (χ2v) is 5.33. The minimum atomic E-state index is -0.848. The average molecular weight is 273 g/mol. The molecule has 2 rings (SSSR count). The van der Waals surface area contributed by atoms with Gasteiger partial charge in [-0.05, 0) is 20.8 Å². The maximum atomic E-state index is 12.5. The number of hydrogen-bond donors (Lipinski definition) is 1. The molecular formula is C14H15N3O3. The van der Waals surface area contributed by atoms with Gasteiger partial charge in [-0.1, -0.05) is 5.92 Å². The number of carbonyl (C=O) groups is 1. The number of non-ortho nitro benzene ring substituents is 1. The summed E-state index contributed by atoms with van der Waals surface area (Å²) < 4.78 is 0. The SMILES string of the molecule is C#C[C@H](C)N1C(=O)C(C)(C)c2c(N)cc([N+](=O)[O-])cc21. The van der Waals surface area contributed by atoms with Crippen molar-refractivity contribution in [1.29, 1.82) is 0 Å². The Morgan fingerprint density at radius 3 is 2.60 bits per heavy atom. The van der Waals surface area contributed by atoms with Crippen LogP contribution in [0.3, 0.4) is 0 Å². The quantitative estimate of drug-likeness (QED) is 0.385. The van der Waals surface area contributed by atoms with Crippen molar-refractivity contribution in [3.8, 4) is 12.3 Å². The number of benzene rings is 1. The van der Waals surface area contributed by atoms with Gasteiger partial charge in [-0.3, -0.25) is 19.8 Å². The lowest BCUT2D eigenvalue weighted by Crippen LogP contribution is -2.41. The lowest BCUT2D eigenvalue weighted by Gasteiger charge is -2.23. The minimum Gasteiger partial charge on any atom is -0.398 e. The van der Waals surface area contributed by atoms with Gasteiger partial charge in [0, 0.05) is 23.4 Å². The van der Waals surface area contributed by atoms with Crippen LogP contribution in [0.25, 0.3) is 0 Å². The van der Waals surface area contributed by atoms with Crippen LogP contribution in [0.2, 0.25) is 0 Å². The normalized spacial score (nSPS) is 17.5. The van der Waals surface area contributed by atoms with Crippen molar-refractivity contribution in [1.82, 2.24) is 0 Å². The summed E-state index contributed by atoms with van der Waals surface area (Å²) in [4.78, 5) is 24.3. The van der Waals surface area contributed by atoms with Crippen molar-refractivity contribution in [3.63, 3.8) is 0 Å². The van der Waals surface area contributed by atoms with Gasteiger partial charge in [-0.15, -0.1) is 6.42 Å². The van der Waals surface area contributed by atoms with Crippen LogP contribution >= 0.6 is 0 Å². The first-order chi connectivity index (χ1) is 9.21. The van der Waals surface area contributed by atoms with Crippen molar-refractivity contribution < 1.29 is 9.72 Å². The third-order valence-electron chi connectivity index (χ3n) is 3.61. The molecule has 0 spiro atoms. The lowest BCUT2D eigenvalue weighted by atomic mass is 9.85. The van der Waals surface area contributed by atoms with Crippen molar-refractivity contribution in [2.24, 2.45) is 0 Å². The molecule has 0 radical (unpaired) electrons. The smallest absolute Gasteiger partial charge is 0.273 e. The van der Waals surface area contributed by atoms with E-state index in [9.17, 15) is 14.9 Å². The number of nitro groups is 1. The molecule has 6 heteroatoms. The van der Waals surface area contributed by atoms with E-state index in [4.69, 9.17) is 12.2 Å². The summed E-state index contributed by atoms with van der Waals surface area (Å²) in [7, 11) is 0. The van der Waals surface area contributed by atoms with Gasteiger partial charge in [-0.2, -0.15) is 0 Å². The predicted octanol–water partition coefficient (Wildman–Crippen LogP) is 1.82. The first-order valence-corrected chi connectivity index (χ1v) is 6.10. The van der Waals surface area contributed by atoms with Crippen molar-refractivity contribution >= 4 is 23.0 Å². The molecule has 0 unspecified atom stereocenters. The highest BCUT2D eigenvalue weighted by molar-refractivity contribution is 6.10. The van der Waals surface area contributed by atoms with Gasteiger partial charge in [0.15, 0.2) is 0 Å². The molecule has 1 heterocycles. The Kier molecular flexibility index (Phi) is 2.94. The lowest BCUT2D eigenvalue weighted by molar-refractivity contribution is -0.384. The highest BCUT2D eigenvalue weighted by atomic mass is 16.6. The second-order valence-electron chi connectivity index (χ2n) is 5.33. The van der Waals surface area contributed by atoms with E-state index < -0.39 is 16.4 Å². The maximum absolute atomic E-state index is 12.5. The number of nitrogens with two attached hydrogens (primary N) is 1. The molecule has 1 atom stereocenters. The summed E-state index contributed by atoms with van der Waals surface area (Å²) >= 11 is 0. The molecule has 0 aromatic heterocycles. The van der Waals surface area contributed by atoms with E-state index in [-0.39, 0.29) is 17.3 Å². The summed E-state index contributed by atoms with van der Waals surface area (Å²) in [6.45, 7) is 5.16. The van der Waals surface area contributed by atoms with Crippen LogP contribution in [0.15, 0.2) is 12.1 Å². The molecule has 0 fully saturated rings. The number of anilines is 2. The molecule has 104 valence electrons. The number of nitrogen functional groups attached to an aromatic ring is 1. The van der Waals surface area contributed by atoms with Crippen LogP contribution in [-0.2, 0) is 10.2 Å². The van der Waals surface area contributed by atoms with E-state index in [1.165, 1.54) is 17.0 Å². The minimum absolute atomic E-state index is 0.152. The highest BCUT2D eigenvalue weighted by Crippen LogP contribution is 2.47. The molecule has 0 aliphatic carbocycles. The summed E-state index contributed by atoms with van der Waals surface area (Å²) in [5.41, 5.74) is 6.17. The van der Waals surface area contributed by atoms with Gasteiger partial charge in [0.05, 0.1) is 22.1 Å². The van der Waals surface area contributed by atoms with Gasteiger partial charge < -0.3 is 5.73 Å². The summed E-state index contributed by atoms with van der Waals surface area (Å²) in [5, 5.41) is 10.9. The van der Waals surface area contributed by atoms with Gasteiger partial charge in [0.25, 0.3) is 5.69 Å². The number of rotatable bonds is 2.